The summed E-state index contributed by atoms with van der Waals surface area (Å²) >= 11 is 0. The van der Waals surface area contributed by atoms with Crippen LogP contribution in [0.2, 0.25) is 0 Å². The number of fused-ring (bicyclic) bond motifs is 1. The Balaban J connectivity index is 2.13. The lowest BCUT2D eigenvalue weighted by Gasteiger charge is -2.32. The molecule has 1 fully saturated rings. The van der Waals surface area contributed by atoms with Crippen molar-refractivity contribution in [3.05, 3.63) is 30.0 Å². The molecule has 1 aliphatic rings. The van der Waals surface area contributed by atoms with Crippen molar-refractivity contribution in [3.8, 4) is 0 Å². The minimum atomic E-state index is -0.309. The summed E-state index contributed by atoms with van der Waals surface area (Å²) in [7, 11) is 1.78. The number of aryl methyl sites for hydroxylation is 2. The molecule has 0 saturated carbocycles. The Bertz CT molecular complexity index is 656. The zero-order valence-corrected chi connectivity index (χ0v) is 13.2. The molecule has 2 aromatic rings. The molecule has 0 atom stereocenters. The molecule has 0 amide bonds. The Kier molecular flexibility index (Phi) is 2.83. The van der Waals surface area contributed by atoms with Gasteiger partial charge in [0.25, 0.3) is 0 Å². The number of benzene rings is 1. The SMILES string of the molecule is Cc1cc2cccc(B3OC(C)(C)C(C)(C)O3)c2n1C. The fourth-order valence-corrected chi connectivity index (χ4v) is 2.74. The highest BCUT2D eigenvalue weighted by Gasteiger charge is 2.52. The molecule has 0 bridgehead atoms. The Morgan fingerprint density at radius 1 is 1.05 bits per heavy atom. The lowest BCUT2D eigenvalue weighted by atomic mass is 9.78. The molecule has 2 heterocycles. The number of rotatable bonds is 1. The lowest BCUT2D eigenvalue weighted by Crippen LogP contribution is -2.41. The van der Waals surface area contributed by atoms with Gasteiger partial charge in [-0.1, -0.05) is 18.2 Å². The van der Waals surface area contributed by atoms with Gasteiger partial charge in [0.05, 0.1) is 11.2 Å². The Labute approximate surface area is 121 Å². The zero-order valence-electron chi connectivity index (χ0n) is 13.2. The summed E-state index contributed by atoms with van der Waals surface area (Å²) in [5, 5.41) is 1.23. The molecule has 0 N–H and O–H groups in total. The zero-order chi connectivity index (χ0) is 14.7. The number of nitrogens with zero attached hydrogens (tertiary/aromatic N) is 1. The first kappa shape index (κ1) is 13.7. The van der Waals surface area contributed by atoms with Crippen LogP contribution >= 0.6 is 0 Å². The summed E-state index contributed by atoms with van der Waals surface area (Å²) in [5.74, 6) is 0. The first-order chi connectivity index (χ1) is 9.23. The van der Waals surface area contributed by atoms with Gasteiger partial charge in [0.15, 0.2) is 0 Å². The predicted octanol–water partition coefficient (Wildman–Crippen LogP) is 2.79. The molecule has 1 aliphatic heterocycles. The molecule has 0 spiro atoms. The van der Waals surface area contributed by atoms with Gasteiger partial charge in [-0.3, -0.25) is 0 Å². The fourth-order valence-electron chi connectivity index (χ4n) is 2.74. The first-order valence-corrected chi connectivity index (χ1v) is 7.13. The molecule has 1 aromatic carbocycles. The van der Waals surface area contributed by atoms with Crippen LogP contribution in [0.3, 0.4) is 0 Å². The molecule has 1 aromatic heterocycles. The first-order valence-electron chi connectivity index (χ1n) is 7.13. The van der Waals surface area contributed by atoms with Crippen molar-refractivity contribution >= 4 is 23.5 Å². The van der Waals surface area contributed by atoms with E-state index in [0.29, 0.717) is 0 Å². The van der Waals surface area contributed by atoms with Crippen LogP contribution in [0, 0.1) is 6.92 Å². The van der Waals surface area contributed by atoms with Crippen LogP contribution in [0.15, 0.2) is 24.3 Å². The van der Waals surface area contributed by atoms with Crippen LogP contribution in [-0.2, 0) is 16.4 Å². The molecule has 106 valence electrons. The molecule has 1 saturated heterocycles. The topological polar surface area (TPSA) is 23.4 Å². The van der Waals surface area contributed by atoms with Gasteiger partial charge in [-0.25, -0.2) is 0 Å². The van der Waals surface area contributed by atoms with E-state index in [1.807, 2.05) is 0 Å². The molecule has 3 rings (SSSR count). The van der Waals surface area contributed by atoms with E-state index in [2.05, 4.69) is 70.5 Å². The van der Waals surface area contributed by atoms with Crippen molar-refractivity contribution in [3.63, 3.8) is 0 Å². The van der Waals surface area contributed by atoms with Crippen LogP contribution in [0.25, 0.3) is 10.9 Å². The minimum absolute atomic E-state index is 0.306. The smallest absolute Gasteiger partial charge is 0.399 e. The van der Waals surface area contributed by atoms with E-state index < -0.39 is 0 Å². The Morgan fingerprint density at radius 2 is 1.65 bits per heavy atom. The minimum Gasteiger partial charge on any atom is -0.399 e. The maximum atomic E-state index is 6.19. The summed E-state index contributed by atoms with van der Waals surface area (Å²) in [6, 6.07) is 8.51. The fraction of sp³-hybridized carbons (Fsp3) is 0.500. The van der Waals surface area contributed by atoms with E-state index in [9.17, 15) is 0 Å². The summed E-state index contributed by atoms with van der Waals surface area (Å²) in [6.07, 6.45) is 0. The quantitative estimate of drug-likeness (QED) is 0.744. The number of hydrogen-bond acceptors (Lipinski definition) is 2. The van der Waals surface area contributed by atoms with Crippen molar-refractivity contribution in [1.29, 1.82) is 0 Å². The Morgan fingerprint density at radius 3 is 2.25 bits per heavy atom. The van der Waals surface area contributed by atoms with E-state index in [1.165, 1.54) is 16.6 Å². The van der Waals surface area contributed by atoms with Gasteiger partial charge < -0.3 is 13.9 Å². The largest absolute Gasteiger partial charge is 0.497 e. The van der Waals surface area contributed by atoms with E-state index in [0.717, 1.165) is 5.46 Å². The van der Waals surface area contributed by atoms with Gasteiger partial charge in [0, 0.05) is 23.7 Å². The van der Waals surface area contributed by atoms with Crippen LogP contribution in [0.5, 0.6) is 0 Å². The summed E-state index contributed by atoms with van der Waals surface area (Å²) < 4.78 is 14.6. The van der Waals surface area contributed by atoms with Crippen molar-refractivity contribution in [2.75, 3.05) is 0 Å². The van der Waals surface area contributed by atoms with Crippen molar-refractivity contribution in [2.24, 2.45) is 7.05 Å². The van der Waals surface area contributed by atoms with Crippen molar-refractivity contribution in [1.82, 2.24) is 4.57 Å². The number of hydrogen-bond donors (Lipinski definition) is 0. The van der Waals surface area contributed by atoms with Gasteiger partial charge in [0.1, 0.15) is 0 Å². The summed E-state index contributed by atoms with van der Waals surface area (Å²) in [5.41, 5.74) is 2.93. The molecule has 0 aliphatic carbocycles. The van der Waals surface area contributed by atoms with Gasteiger partial charge in [-0.05, 0) is 46.1 Å². The van der Waals surface area contributed by atoms with Gasteiger partial charge >= 0.3 is 7.12 Å². The third-order valence-electron chi connectivity index (χ3n) is 4.83. The number of aromatic nitrogens is 1. The highest BCUT2D eigenvalue weighted by molar-refractivity contribution is 6.65. The lowest BCUT2D eigenvalue weighted by molar-refractivity contribution is 0.00578. The monoisotopic (exact) mass is 271 g/mol. The maximum Gasteiger partial charge on any atom is 0.497 e. The summed E-state index contributed by atoms with van der Waals surface area (Å²) in [4.78, 5) is 0. The predicted molar refractivity (Wildman–Crippen MR) is 83.4 cm³/mol. The second kappa shape index (κ2) is 4.12. The van der Waals surface area contributed by atoms with Crippen LogP contribution in [-0.4, -0.2) is 22.9 Å². The van der Waals surface area contributed by atoms with E-state index in [4.69, 9.17) is 9.31 Å². The molecular formula is C16H22BNO2. The highest BCUT2D eigenvalue weighted by Crippen LogP contribution is 2.37. The van der Waals surface area contributed by atoms with E-state index in [1.54, 1.807) is 0 Å². The molecule has 4 heteroatoms. The highest BCUT2D eigenvalue weighted by atomic mass is 16.7. The second-order valence-corrected chi connectivity index (χ2v) is 6.72. The van der Waals surface area contributed by atoms with Crippen LogP contribution in [0.4, 0.5) is 0 Å². The summed E-state index contributed by atoms with van der Waals surface area (Å²) in [6.45, 7) is 10.5. The third kappa shape index (κ3) is 1.82. The molecule has 0 unspecified atom stereocenters. The van der Waals surface area contributed by atoms with Gasteiger partial charge in [0.2, 0.25) is 0 Å². The third-order valence-corrected chi connectivity index (χ3v) is 4.83. The Hall–Kier alpha value is -1.26. The molecular weight excluding hydrogens is 249 g/mol. The van der Waals surface area contributed by atoms with Crippen LogP contribution in [0.1, 0.15) is 33.4 Å². The van der Waals surface area contributed by atoms with Gasteiger partial charge in [-0.2, -0.15) is 0 Å². The van der Waals surface area contributed by atoms with Crippen LogP contribution < -0.4 is 5.46 Å². The van der Waals surface area contributed by atoms with Gasteiger partial charge in [-0.15, -0.1) is 0 Å². The van der Waals surface area contributed by atoms with E-state index >= 15 is 0 Å². The molecule has 0 radical (unpaired) electrons. The number of para-hydroxylation sites is 1. The molecule has 20 heavy (non-hydrogen) atoms. The molecule has 3 nitrogen and oxygen atoms in total. The normalized spacial score (nSPS) is 20.8. The van der Waals surface area contributed by atoms with E-state index in [-0.39, 0.29) is 18.3 Å². The standard InChI is InChI=1S/C16H22BNO2/c1-11-10-12-8-7-9-13(14(12)18(11)6)17-19-15(2,3)16(4,5)20-17/h7-10H,1-6H3. The van der Waals surface area contributed by atoms with Crippen molar-refractivity contribution < 1.29 is 9.31 Å². The maximum absolute atomic E-state index is 6.19. The average molecular weight is 271 g/mol. The van der Waals surface area contributed by atoms with Crippen molar-refractivity contribution in [2.45, 2.75) is 45.8 Å². The second-order valence-electron chi connectivity index (χ2n) is 6.72. The average Bonchev–Trinajstić information content (AvgIpc) is 2.74.